The first-order valence-electron chi connectivity index (χ1n) is 10.3. The fraction of sp³-hybridized carbons (Fsp3) is 0.950. The van der Waals surface area contributed by atoms with Crippen LogP contribution in [0, 0.1) is 11.8 Å². The van der Waals surface area contributed by atoms with Crippen LogP contribution in [0.15, 0.2) is 4.99 Å². The highest BCUT2D eigenvalue weighted by Gasteiger charge is 2.13. The van der Waals surface area contributed by atoms with Crippen molar-refractivity contribution in [2.24, 2.45) is 16.8 Å². The largest absolute Gasteiger partial charge is 0.381 e. The molecule has 1 rings (SSSR count). The molecule has 26 heavy (non-hydrogen) atoms. The van der Waals surface area contributed by atoms with E-state index in [0.29, 0.717) is 12.0 Å². The van der Waals surface area contributed by atoms with E-state index >= 15 is 0 Å². The van der Waals surface area contributed by atoms with Gasteiger partial charge in [-0.3, -0.25) is 4.99 Å². The lowest BCUT2D eigenvalue weighted by Gasteiger charge is -2.21. The Morgan fingerprint density at radius 1 is 1.15 bits per heavy atom. The molecule has 0 aromatic carbocycles. The van der Waals surface area contributed by atoms with Crippen LogP contribution < -0.4 is 10.6 Å². The number of aliphatic imine (C=N–C) groups is 1. The van der Waals surface area contributed by atoms with Crippen molar-refractivity contribution in [2.75, 3.05) is 39.5 Å². The summed E-state index contributed by atoms with van der Waals surface area (Å²) in [6, 6.07) is 0.460. The van der Waals surface area contributed by atoms with Crippen LogP contribution in [-0.4, -0.2) is 51.5 Å². The lowest BCUT2D eigenvalue weighted by molar-refractivity contribution is 0.0205. The highest BCUT2D eigenvalue weighted by molar-refractivity contribution is 14.0. The zero-order chi connectivity index (χ0) is 18.3. The van der Waals surface area contributed by atoms with Gasteiger partial charge in [0.05, 0.1) is 0 Å². The summed E-state index contributed by atoms with van der Waals surface area (Å²) in [6.07, 6.45) is 7.01. The molecule has 0 aromatic heterocycles. The molecular weight excluding hydrogens is 441 g/mol. The highest BCUT2D eigenvalue weighted by atomic mass is 127. The molecule has 5 nitrogen and oxygen atoms in total. The first kappa shape index (κ1) is 25.9. The van der Waals surface area contributed by atoms with Crippen molar-refractivity contribution in [2.45, 2.75) is 72.3 Å². The van der Waals surface area contributed by atoms with Gasteiger partial charge in [0, 0.05) is 45.6 Å². The summed E-state index contributed by atoms with van der Waals surface area (Å²) in [6.45, 7) is 14.1. The van der Waals surface area contributed by atoms with E-state index in [1.807, 2.05) is 0 Å². The summed E-state index contributed by atoms with van der Waals surface area (Å²) < 4.78 is 11.2. The first-order valence-corrected chi connectivity index (χ1v) is 10.3. The van der Waals surface area contributed by atoms with Crippen molar-refractivity contribution in [3.8, 4) is 0 Å². The smallest absolute Gasteiger partial charge is 0.191 e. The highest BCUT2D eigenvalue weighted by Crippen LogP contribution is 2.14. The van der Waals surface area contributed by atoms with Gasteiger partial charge < -0.3 is 20.1 Å². The molecule has 1 aliphatic heterocycles. The van der Waals surface area contributed by atoms with E-state index in [1.54, 1.807) is 0 Å². The standard InChI is InChI=1S/C20H41N3O2.HI/c1-5-21-20(23-18(4)9-6-8-17(2)3)22-12-7-13-25-16-19-10-14-24-15-11-19;/h17-19H,5-16H2,1-4H3,(H2,21,22,23);1H. The number of rotatable bonds is 12. The van der Waals surface area contributed by atoms with Crippen LogP contribution in [0.5, 0.6) is 0 Å². The Hall–Kier alpha value is -0.0800. The normalized spacial score (nSPS) is 17.0. The molecule has 1 saturated heterocycles. The summed E-state index contributed by atoms with van der Waals surface area (Å²) in [5.41, 5.74) is 0. The minimum atomic E-state index is 0. The number of hydrogen-bond donors (Lipinski definition) is 2. The molecule has 1 heterocycles. The Bertz CT molecular complexity index is 348. The Morgan fingerprint density at radius 3 is 2.54 bits per heavy atom. The van der Waals surface area contributed by atoms with E-state index in [9.17, 15) is 0 Å². The number of guanidine groups is 1. The van der Waals surface area contributed by atoms with Crippen LogP contribution in [0.3, 0.4) is 0 Å². The molecule has 0 amide bonds. The summed E-state index contributed by atoms with van der Waals surface area (Å²) >= 11 is 0. The Kier molecular flexibility index (Phi) is 17.0. The van der Waals surface area contributed by atoms with Gasteiger partial charge in [-0.25, -0.2) is 0 Å². The Balaban J connectivity index is 0.00000625. The minimum Gasteiger partial charge on any atom is -0.381 e. The topological polar surface area (TPSA) is 54.9 Å². The predicted molar refractivity (Wildman–Crippen MR) is 122 cm³/mol. The Labute approximate surface area is 178 Å². The predicted octanol–water partition coefficient (Wildman–Crippen LogP) is 4.21. The van der Waals surface area contributed by atoms with Crippen molar-refractivity contribution in [3.63, 3.8) is 0 Å². The van der Waals surface area contributed by atoms with Gasteiger partial charge in [0.2, 0.25) is 0 Å². The van der Waals surface area contributed by atoms with E-state index in [-0.39, 0.29) is 24.0 Å². The monoisotopic (exact) mass is 483 g/mol. The average Bonchev–Trinajstić information content (AvgIpc) is 2.58. The van der Waals surface area contributed by atoms with Crippen LogP contribution in [0.25, 0.3) is 0 Å². The minimum absolute atomic E-state index is 0. The van der Waals surface area contributed by atoms with Crippen molar-refractivity contribution in [1.82, 2.24) is 10.6 Å². The third-order valence-electron chi connectivity index (χ3n) is 4.56. The fourth-order valence-corrected chi connectivity index (χ4v) is 2.98. The average molecular weight is 483 g/mol. The number of nitrogens with one attached hydrogen (secondary N) is 2. The molecule has 0 saturated carbocycles. The molecule has 0 spiro atoms. The lowest BCUT2D eigenvalue weighted by Crippen LogP contribution is -2.42. The molecule has 0 aromatic rings. The van der Waals surface area contributed by atoms with Crippen molar-refractivity contribution < 1.29 is 9.47 Å². The van der Waals surface area contributed by atoms with E-state index in [0.717, 1.165) is 70.7 Å². The lowest BCUT2D eigenvalue weighted by atomic mass is 10.0. The van der Waals surface area contributed by atoms with E-state index in [2.05, 4.69) is 43.3 Å². The zero-order valence-corrected chi connectivity index (χ0v) is 19.7. The van der Waals surface area contributed by atoms with Crippen molar-refractivity contribution in [1.29, 1.82) is 0 Å². The van der Waals surface area contributed by atoms with Gasteiger partial charge in [-0.05, 0) is 51.4 Å². The van der Waals surface area contributed by atoms with Crippen LogP contribution in [-0.2, 0) is 9.47 Å². The summed E-state index contributed by atoms with van der Waals surface area (Å²) in [5, 5.41) is 6.86. The second-order valence-electron chi connectivity index (χ2n) is 7.62. The molecule has 0 aliphatic carbocycles. The van der Waals surface area contributed by atoms with Gasteiger partial charge in [-0.15, -0.1) is 24.0 Å². The zero-order valence-electron chi connectivity index (χ0n) is 17.4. The van der Waals surface area contributed by atoms with Crippen molar-refractivity contribution in [3.05, 3.63) is 0 Å². The third kappa shape index (κ3) is 14.0. The van der Waals surface area contributed by atoms with Gasteiger partial charge in [0.1, 0.15) is 0 Å². The molecule has 0 radical (unpaired) electrons. The van der Waals surface area contributed by atoms with Crippen LogP contribution in [0.1, 0.15) is 66.2 Å². The molecule has 156 valence electrons. The second kappa shape index (κ2) is 17.0. The van der Waals surface area contributed by atoms with Crippen LogP contribution >= 0.6 is 24.0 Å². The molecule has 2 N–H and O–H groups in total. The van der Waals surface area contributed by atoms with Gasteiger partial charge in [0.15, 0.2) is 5.96 Å². The molecule has 6 heteroatoms. The quantitative estimate of drug-likeness (QED) is 0.189. The Morgan fingerprint density at radius 2 is 1.88 bits per heavy atom. The SMILES string of the molecule is CCNC(=NCCCOCC1CCOCC1)NC(C)CCCC(C)C.I. The fourth-order valence-electron chi connectivity index (χ4n) is 2.98. The van der Waals surface area contributed by atoms with Gasteiger partial charge in [0.25, 0.3) is 0 Å². The maximum atomic E-state index is 5.81. The number of ether oxygens (including phenoxy) is 2. The summed E-state index contributed by atoms with van der Waals surface area (Å²) in [7, 11) is 0. The summed E-state index contributed by atoms with van der Waals surface area (Å²) in [5.74, 6) is 2.40. The van der Waals surface area contributed by atoms with Gasteiger partial charge >= 0.3 is 0 Å². The van der Waals surface area contributed by atoms with Gasteiger partial charge in [-0.1, -0.05) is 26.7 Å². The maximum absolute atomic E-state index is 5.81. The molecule has 1 aliphatic rings. The van der Waals surface area contributed by atoms with E-state index in [1.165, 1.54) is 19.3 Å². The van der Waals surface area contributed by atoms with Crippen LogP contribution in [0.2, 0.25) is 0 Å². The maximum Gasteiger partial charge on any atom is 0.191 e. The molecule has 1 fully saturated rings. The number of nitrogens with zero attached hydrogens (tertiary/aromatic N) is 1. The van der Waals surface area contributed by atoms with Crippen LogP contribution in [0.4, 0.5) is 0 Å². The van der Waals surface area contributed by atoms with E-state index in [4.69, 9.17) is 9.47 Å². The first-order chi connectivity index (χ1) is 12.1. The molecule has 1 atom stereocenters. The summed E-state index contributed by atoms with van der Waals surface area (Å²) in [4.78, 5) is 4.68. The molecule has 1 unspecified atom stereocenters. The van der Waals surface area contributed by atoms with Crippen molar-refractivity contribution >= 4 is 29.9 Å². The second-order valence-corrected chi connectivity index (χ2v) is 7.62. The van der Waals surface area contributed by atoms with Gasteiger partial charge in [-0.2, -0.15) is 0 Å². The number of halogens is 1. The third-order valence-corrected chi connectivity index (χ3v) is 4.56. The molecular formula is C20H42IN3O2. The molecule has 0 bridgehead atoms. The number of hydrogen-bond acceptors (Lipinski definition) is 3. The van der Waals surface area contributed by atoms with E-state index < -0.39 is 0 Å².